The number of piperidine rings is 1. The molecule has 1 aliphatic carbocycles. The molecule has 1 saturated heterocycles. The standard InChI is InChI=1S/C23H30N4O3/c28-22(26-13-2-1-3-14-26)17-30-21-7-4-6-18(16-21)23(29)25-19-8-10-20(11-9-19)27-15-5-12-24-27/h4-7,12,15-16,19-20H,1-3,8-11,13-14,17H2,(H,25,29). The summed E-state index contributed by atoms with van der Waals surface area (Å²) in [6.45, 7) is 1.64. The number of nitrogens with zero attached hydrogens (tertiary/aromatic N) is 3. The predicted octanol–water partition coefficient (Wildman–Crippen LogP) is 3.19. The SMILES string of the molecule is O=C(NC1CCC(n2cccn2)CC1)c1cccc(OCC(=O)N2CCCCC2)c1. The third-order valence-corrected chi connectivity index (χ3v) is 6.10. The molecule has 0 atom stereocenters. The summed E-state index contributed by atoms with van der Waals surface area (Å²) in [5.74, 6) is 0.472. The van der Waals surface area contributed by atoms with Crippen molar-refractivity contribution in [2.45, 2.75) is 57.0 Å². The molecule has 1 saturated carbocycles. The molecule has 7 heteroatoms. The van der Waals surface area contributed by atoms with Crippen molar-refractivity contribution in [3.05, 3.63) is 48.3 Å². The van der Waals surface area contributed by atoms with Crippen LogP contribution in [-0.2, 0) is 4.79 Å². The van der Waals surface area contributed by atoms with Crippen LogP contribution < -0.4 is 10.1 Å². The number of carbonyl (C=O) groups excluding carboxylic acids is 2. The summed E-state index contributed by atoms with van der Waals surface area (Å²) >= 11 is 0. The van der Waals surface area contributed by atoms with E-state index in [0.29, 0.717) is 17.4 Å². The number of benzene rings is 1. The molecule has 2 amide bonds. The van der Waals surface area contributed by atoms with Crippen LogP contribution in [0.4, 0.5) is 0 Å². The largest absolute Gasteiger partial charge is 0.484 e. The fourth-order valence-corrected chi connectivity index (χ4v) is 4.36. The Morgan fingerprint density at radius 1 is 1.07 bits per heavy atom. The Balaban J connectivity index is 1.26. The highest BCUT2D eigenvalue weighted by Crippen LogP contribution is 2.28. The van der Waals surface area contributed by atoms with Gasteiger partial charge in [0.05, 0.1) is 6.04 Å². The van der Waals surface area contributed by atoms with E-state index in [1.165, 1.54) is 6.42 Å². The minimum Gasteiger partial charge on any atom is -0.484 e. The number of likely N-dealkylation sites (tertiary alicyclic amines) is 1. The molecule has 2 aliphatic rings. The van der Waals surface area contributed by atoms with E-state index in [1.807, 2.05) is 28.0 Å². The topological polar surface area (TPSA) is 76.5 Å². The first-order valence-corrected chi connectivity index (χ1v) is 11.0. The van der Waals surface area contributed by atoms with Crippen LogP contribution in [-0.4, -0.2) is 52.2 Å². The van der Waals surface area contributed by atoms with Crippen LogP contribution in [0.5, 0.6) is 5.75 Å². The first kappa shape index (κ1) is 20.4. The number of rotatable bonds is 6. The Morgan fingerprint density at radius 2 is 1.87 bits per heavy atom. The van der Waals surface area contributed by atoms with Crippen LogP contribution in [0.1, 0.15) is 61.3 Å². The van der Waals surface area contributed by atoms with Crippen molar-refractivity contribution < 1.29 is 14.3 Å². The van der Waals surface area contributed by atoms with Crippen LogP contribution in [0.2, 0.25) is 0 Å². The lowest BCUT2D eigenvalue weighted by Gasteiger charge is -2.29. The molecule has 1 aromatic carbocycles. The Morgan fingerprint density at radius 3 is 2.60 bits per heavy atom. The second kappa shape index (κ2) is 9.78. The zero-order chi connectivity index (χ0) is 20.8. The van der Waals surface area contributed by atoms with Gasteiger partial charge in [0, 0.05) is 37.1 Å². The Labute approximate surface area is 177 Å². The smallest absolute Gasteiger partial charge is 0.260 e. The van der Waals surface area contributed by atoms with E-state index in [0.717, 1.165) is 51.6 Å². The third-order valence-electron chi connectivity index (χ3n) is 6.10. The van der Waals surface area contributed by atoms with Crippen molar-refractivity contribution in [1.82, 2.24) is 20.0 Å². The van der Waals surface area contributed by atoms with Crippen molar-refractivity contribution in [2.75, 3.05) is 19.7 Å². The zero-order valence-corrected chi connectivity index (χ0v) is 17.3. The van der Waals surface area contributed by atoms with Gasteiger partial charge in [0.15, 0.2) is 6.61 Å². The lowest BCUT2D eigenvalue weighted by molar-refractivity contribution is -0.134. The summed E-state index contributed by atoms with van der Waals surface area (Å²) in [6.07, 6.45) is 11.0. The fourth-order valence-electron chi connectivity index (χ4n) is 4.36. The Bertz CT molecular complexity index is 838. The number of hydrogen-bond acceptors (Lipinski definition) is 4. The van der Waals surface area contributed by atoms with E-state index < -0.39 is 0 Å². The highest BCUT2D eigenvalue weighted by Gasteiger charge is 2.24. The summed E-state index contributed by atoms with van der Waals surface area (Å²) in [4.78, 5) is 26.8. The molecule has 0 spiro atoms. The van der Waals surface area contributed by atoms with Gasteiger partial charge in [-0.25, -0.2) is 0 Å². The summed E-state index contributed by atoms with van der Waals surface area (Å²) < 4.78 is 7.69. The lowest BCUT2D eigenvalue weighted by Crippen LogP contribution is -2.38. The molecular formula is C23H30N4O3. The van der Waals surface area contributed by atoms with Gasteiger partial charge in [-0.2, -0.15) is 5.10 Å². The predicted molar refractivity (Wildman–Crippen MR) is 113 cm³/mol. The van der Waals surface area contributed by atoms with E-state index in [2.05, 4.69) is 10.4 Å². The number of hydrogen-bond donors (Lipinski definition) is 1. The summed E-state index contributed by atoms with van der Waals surface area (Å²) in [5, 5.41) is 7.48. The Kier molecular flexibility index (Phi) is 6.67. The van der Waals surface area contributed by atoms with E-state index in [1.54, 1.807) is 24.3 Å². The minimum absolute atomic E-state index is 0.0125. The monoisotopic (exact) mass is 410 g/mol. The van der Waals surface area contributed by atoms with Crippen molar-refractivity contribution in [1.29, 1.82) is 0 Å². The molecular weight excluding hydrogens is 380 g/mol. The average Bonchev–Trinajstić information content (AvgIpc) is 3.34. The van der Waals surface area contributed by atoms with Crippen LogP contribution in [0.15, 0.2) is 42.7 Å². The molecule has 0 radical (unpaired) electrons. The van der Waals surface area contributed by atoms with Crippen molar-refractivity contribution in [3.63, 3.8) is 0 Å². The molecule has 160 valence electrons. The normalized spacial score (nSPS) is 21.8. The van der Waals surface area contributed by atoms with Gasteiger partial charge in [0.25, 0.3) is 11.8 Å². The highest BCUT2D eigenvalue weighted by atomic mass is 16.5. The fraction of sp³-hybridized carbons (Fsp3) is 0.522. The van der Waals surface area contributed by atoms with Gasteiger partial charge < -0.3 is 15.0 Å². The number of nitrogens with one attached hydrogen (secondary N) is 1. The van der Waals surface area contributed by atoms with Crippen LogP contribution in [0, 0.1) is 0 Å². The molecule has 1 aliphatic heterocycles. The van der Waals surface area contributed by atoms with Crippen LogP contribution in [0.25, 0.3) is 0 Å². The van der Waals surface area contributed by atoms with Gasteiger partial charge >= 0.3 is 0 Å². The third kappa shape index (κ3) is 5.20. The Hall–Kier alpha value is -2.83. The second-order valence-corrected chi connectivity index (χ2v) is 8.22. The molecule has 2 fully saturated rings. The molecule has 1 N–H and O–H groups in total. The summed E-state index contributed by atoms with van der Waals surface area (Å²) in [6, 6.07) is 9.62. The maximum absolute atomic E-state index is 12.7. The van der Waals surface area contributed by atoms with E-state index >= 15 is 0 Å². The van der Waals surface area contributed by atoms with Crippen LogP contribution >= 0.6 is 0 Å². The molecule has 2 aromatic rings. The lowest BCUT2D eigenvalue weighted by atomic mass is 9.91. The van der Waals surface area contributed by atoms with Crippen molar-refractivity contribution >= 4 is 11.8 Å². The zero-order valence-electron chi connectivity index (χ0n) is 17.3. The number of ether oxygens (including phenoxy) is 1. The van der Waals surface area contributed by atoms with Gasteiger partial charge in [-0.15, -0.1) is 0 Å². The van der Waals surface area contributed by atoms with E-state index in [4.69, 9.17) is 4.74 Å². The van der Waals surface area contributed by atoms with Gasteiger partial charge in [-0.1, -0.05) is 6.07 Å². The first-order chi connectivity index (χ1) is 14.7. The van der Waals surface area contributed by atoms with Gasteiger partial charge in [-0.05, 0) is 69.2 Å². The quantitative estimate of drug-likeness (QED) is 0.794. The molecule has 4 rings (SSSR count). The molecule has 2 heterocycles. The summed E-state index contributed by atoms with van der Waals surface area (Å²) in [7, 11) is 0. The van der Waals surface area contributed by atoms with Gasteiger partial charge in [0.2, 0.25) is 0 Å². The second-order valence-electron chi connectivity index (χ2n) is 8.22. The number of amides is 2. The van der Waals surface area contributed by atoms with Crippen molar-refractivity contribution in [2.24, 2.45) is 0 Å². The molecule has 0 bridgehead atoms. The van der Waals surface area contributed by atoms with E-state index in [-0.39, 0.29) is 24.5 Å². The van der Waals surface area contributed by atoms with E-state index in [9.17, 15) is 9.59 Å². The average molecular weight is 411 g/mol. The van der Waals surface area contributed by atoms with Crippen molar-refractivity contribution in [3.8, 4) is 5.75 Å². The molecule has 30 heavy (non-hydrogen) atoms. The minimum atomic E-state index is -0.0923. The highest BCUT2D eigenvalue weighted by molar-refractivity contribution is 5.94. The molecule has 0 unspecified atom stereocenters. The maximum atomic E-state index is 12.7. The van der Waals surface area contributed by atoms with Crippen LogP contribution in [0.3, 0.4) is 0 Å². The first-order valence-electron chi connectivity index (χ1n) is 11.0. The maximum Gasteiger partial charge on any atom is 0.260 e. The summed E-state index contributed by atoms with van der Waals surface area (Å²) in [5.41, 5.74) is 0.562. The number of aromatic nitrogens is 2. The molecule has 1 aromatic heterocycles. The number of carbonyl (C=O) groups is 2. The van der Waals surface area contributed by atoms with Gasteiger partial charge in [0.1, 0.15) is 5.75 Å². The molecule has 7 nitrogen and oxygen atoms in total. The van der Waals surface area contributed by atoms with Gasteiger partial charge in [-0.3, -0.25) is 14.3 Å².